The van der Waals surface area contributed by atoms with Crippen LogP contribution in [0.3, 0.4) is 0 Å². The van der Waals surface area contributed by atoms with E-state index in [0.717, 1.165) is 30.2 Å². The Kier molecular flexibility index (Phi) is 6.29. The number of hydrogen-bond acceptors (Lipinski definition) is 4. The lowest BCUT2D eigenvalue weighted by atomic mass is 10.0. The van der Waals surface area contributed by atoms with Gasteiger partial charge in [-0.2, -0.15) is 0 Å². The summed E-state index contributed by atoms with van der Waals surface area (Å²) >= 11 is 3.43. The smallest absolute Gasteiger partial charge is 0.255 e. The maximum absolute atomic E-state index is 12.7. The van der Waals surface area contributed by atoms with E-state index < -0.39 is 11.9 Å². The van der Waals surface area contributed by atoms with Gasteiger partial charge in [0.05, 0.1) is 13.2 Å². The number of piperidine rings is 1. The van der Waals surface area contributed by atoms with E-state index in [2.05, 4.69) is 21.2 Å². The summed E-state index contributed by atoms with van der Waals surface area (Å²) in [5.41, 5.74) is 1.43. The molecule has 0 aliphatic carbocycles. The Hall–Kier alpha value is -1.89. The lowest BCUT2D eigenvalue weighted by molar-refractivity contribution is -0.136. The summed E-state index contributed by atoms with van der Waals surface area (Å²) in [6.07, 6.45) is 5.05. The first-order valence-electron chi connectivity index (χ1n) is 9.07. The van der Waals surface area contributed by atoms with E-state index in [-0.39, 0.29) is 18.2 Å². The van der Waals surface area contributed by atoms with E-state index in [4.69, 9.17) is 4.74 Å². The highest BCUT2D eigenvalue weighted by Crippen LogP contribution is 2.33. The third kappa shape index (κ3) is 4.09. The van der Waals surface area contributed by atoms with Crippen molar-refractivity contribution in [3.8, 4) is 5.75 Å². The lowest BCUT2D eigenvalue weighted by Gasteiger charge is -2.29. The fraction of sp³-hybridized carbons (Fsp3) is 0.526. The first-order valence-corrected chi connectivity index (χ1v) is 10.2. The van der Waals surface area contributed by atoms with Gasteiger partial charge < -0.3 is 9.64 Å². The molecule has 2 aliphatic heterocycles. The van der Waals surface area contributed by atoms with Crippen LogP contribution in [0.5, 0.6) is 5.75 Å². The van der Waals surface area contributed by atoms with Crippen molar-refractivity contribution in [2.45, 2.75) is 51.1 Å². The van der Waals surface area contributed by atoms with Gasteiger partial charge >= 0.3 is 0 Å². The number of benzene rings is 1. The van der Waals surface area contributed by atoms with Gasteiger partial charge in [-0.15, -0.1) is 0 Å². The number of alkyl halides is 1. The average molecular weight is 423 g/mol. The number of carbonyl (C=O) groups excluding carboxylic acids is 3. The average Bonchev–Trinajstić information content (AvgIpc) is 2.96. The van der Waals surface area contributed by atoms with Crippen LogP contribution in [-0.2, 0) is 16.1 Å². The molecule has 1 unspecified atom stereocenters. The molecular weight excluding hydrogens is 400 g/mol. The second kappa shape index (κ2) is 8.66. The molecule has 1 aromatic rings. The zero-order valence-electron chi connectivity index (χ0n) is 14.6. The fourth-order valence-electron chi connectivity index (χ4n) is 3.42. The molecule has 3 rings (SSSR count). The molecule has 6 nitrogen and oxygen atoms in total. The normalized spacial score (nSPS) is 19.5. The summed E-state index contributed by atoms with van der Waals surface area (Å²) in [5, 5.41) is 3.35. The first-order chi connectivity index (χ1) is 12.6. The molecule has 0 radical (unpaired) electrons. The molecule has 1 aromatic carbocycles. The molecule has 0 saturated carbocycles. The minimum atomic E-state index is -0.593. The van der Waals surface area contributed by atoms with Crippen LogP contribution in [-0.4, -0.2) is 40.6 Å². The molecule has 1 fully saturated rings. The summed E-state index contributed by atoms with van der Waals surface area (Å²) < 4.78 is 5.91. The summed E-state index contributed by atoms with van der Waals surface area (Å²) in [7, 11) is 0. The van der Waals surface area contributed by atoms with Crippen LogP contribution in [0.1, 0.15) is 54.4 Å². The van der Waals surface area contributed by atoms with Gasteiger partial charge in [0.15, 0.2) is 0 Å². The van der Waals surface area contributed by atoms with E-state index in [1.807, 2.05) is 12.1 Å². The van der Waals surface area contributed by atoms with E-state index in [1.54, 1.807) is 11.0 Å². The number of amides is 3. The molecule has 7 heteroatoms. The zero-order chi connectivity index (χ0) is 18.5. The minimum Gasteiger partial charge on any atom is -0.493 e. The van der Waals surface area contributed by atoms with E-state index >= 15 is 0 Å². The molecule has 1 atom stereocenters. The molecule has 0 aromatic heterocycles. The van der Waals surface area contributed by atoms with Crippen LogP contribution in [0.25, 0.3) is 0 Å². The molecule has 26 heavy (non-hydrogen) atoms. The second-order valence-electron chi connectivity index (χ2n) is 6.63. The predicted octanol–water partition coefficient (Wildman–Crippen LogP) is 2.78. The Balaban J connectivity index is 1.64. The first kappa shape index (κ1) is 18.9. The maximum atomic E-state index is 12.7. The van der Waals surface area contributed by atoms with Crippen LogP contribution in [0, 0.1) is 0 Å². The molecule has 3 amide bonds. The van der Waals surface area contributed by atoms with E-state index in [0.29, 0.717) is 30.9 Å². The maximum Gasteiger partial charge on any atom is 0.255 e. The zero-order valence-corrected chi connectivity index (χ0v) is 16.2. The number of hydrogen-bond donors (Lipinski definition) is 1. The molecule has 0 spiro atoms. The Morgan fingerprint density at radius 2 is 1.96 bits per heavy atom. The number of nitrogens with one attached hydrogen (secondary N) is 1. The van der Waals surface area contributed by atoms with Gasteiger partial charge in [-0.3, -0.25) is 19.7 Å². The third-order valence-corrected chi connectivity index (χ3v) is 5.39. The summed E-state index contributed by atoms with van der Waals surface area (Å²) in [6.45, 7) is 0.964. The topological polar surface area (TPSA) is 75.7 Å². The van der Waals surface area contributed by atoms with Crippen molar-refractivity contribution in [1.82, 2.24) is 10.2 Å². The highest BCUT2D eigenvalue weighted by Gasteiger charge is 2.40. The van der Waals surface area contributed by atoms with Gasteiger partial charge in [-0.25, -0.2) is 0 Å². The Morgan fingerprint density at radius 3 is 2.73 bits per heavy atom. The van der Waals surface area contributed by atoms with Gasteiger partial charge in [0.25, 0.3) is 5.91 Å². The number of ether oxygens (including phenoxy) is 1. The standard InChI is InChI=1S/C19H23BrN2O4/c20-10-3-1-2-4-11-26-16-7-5-6-13-14(16)12-22(19(13)25)15-8-9-17(23)21-18(15)24/h5-7,15H,1-4,8-12H2,(H,21,23,24). The SMILES string of the molecule is O=C1CCC(N2Cc3c(OCCCCCCBr)cccc3C2=O)C(=O)N1. The van der Waals surface area contributed by atoms with Crippen LogP contribution >= 0.6 is 15.9 Å². The summed E-state index contributed by atoms with van der Waals surface area (Å²) in [6, 6.07) is 4.86. The van der Waals surface area contributed by atoms with Crippen molar-refractivity contribution in [1.29, 1.82) is 0 Å². The van der Waals surface area contributed by atoms with Crippen molar-refractivity contribution >= 4 is 33.7 Å². The van der Waals surface area contributed by atoms with Gasteiger partial charge in [0.1, 0.15) is 11.8 Å². The number of unbranched alkanes of at least 4 members (excludes halogenated alkanes) is 3. The third-order valence-electron chi connectivity index (χ3n) is 4.82. The van der Waals surface area contributed by atoms with Crippen LogP contribution in [0.15, 0.2) is 18.2 Å². The van der Waals surface area contributed by atoms with Crippen molar-refractivity contribution in [2.24, 2.45) is 0 Å². The van der Waals surface area contributed by atoms with Crippen molar-refractivity contribution in [2.75, 3.05) is 11.9 Å². The highest BCUT2D eigenvalue weighted by molar-refractivity contribution is 9.09. The van der Waals surface area contributed by atoms with Crippen molar-refractivity contribution in [3.63, 3.8) is 0 Å². The Bertz CT molecular complexity index is 707. The Labute approximate surface area is 161 Å². The van der Waals surface area contributed by atoms with E-state index in [9.17, 15) is 14.4 Å². The summed E-state index contributed by atoms with van der Waals surface area (Å²) in [5.74, 6) is -0.126. The quantitative estimate of drug-likeness (QED) is 0.397. The van der Waals surface area contributed by atoms with Gasteiger partial charge in [-0.05, 0) is 31.4 Å². The van der Waals surface area contributed by atoms with Crippen LogP contribution in [0.2, 0.25) is 0 Å². The van der Waals surface area contributed by atoms with Gasteiger partial charge in [0.2, 0.25) is 11.8 Å². The van der Waals surface area contributed by atoms with E-state index in [1.165, 1.54) is 6.42 Å². The molecule has 2 heterocycles. The molecule has 2 aliphatic rings. The second-order valence-corrected chi connectivity index (χ2v) is 7.43. The highest BCUT2D eigenvalue weighted by atomic mass is 79.9. The number of fused-ring (bicyclic) bond motifs is 1. The summed E-state index contributed by atoms with van der Waals surface area (Å²) in [4.78, 5) is 37.7. The van der Waals surface area contributed by atoms with Crippen molar-refractivity contribution in [3.05, 3.63) is 29.3 Å². The molecule has 1 N–H and O–H groups in total. The van der Waals surface area contributed by atoms with Gasteiger partial charge in [-0.1, -0.05) is 34.8 Å². The van der Waals surface area contributed by atoms with Crippen LogP contribution < -0.4 is 10.1 Å². The monoisotopic (exact) mass is 422 g/mol. The lowest BCUT2D eigenvalue weighted by Crippen LogP contribution is -2.52. The number of rotatable bonds is 8. The molecule has 140 valence electrons. The fourth-order valence-corrected chi connectivity index (χ4v) is 3.82. The number of nitrogens with zero attached hydrogens (tertiary/aromatic N) is 1. The van der Waals surface area contributed by atoms with Crippen LogP contribution in [0.4, 0.5) is 0 Å². The largest absolute Gasteiger partial charge is 0.493 e. The molecule has 1 saturated heterocycles. The number of carbonyl (C=O) groups is 3. The number of halogens is 1. The van der Waals surface area contributed by atoms with Crippen molar-refractivity contribution < 1.29 is 19.1 Å². The number of imide groups is 1. The minimum absolute atomic E-state index is 0.169. The molecule has 0 bridgehead atoms. The van der Waals surface area contributed by atoms with Gasteiger partial charge in [0, 0.05) is 22.9 Å². The molecular formula is C19H23BrN2O4. The Morgan fingerprint density at radius 1 is 1.15 bits per heavy atom. The predicted molar refractivity (Wildman–Crippen MR) is 100 cm³/mol.